The number of anilines is 1. The quantitative estimate of drug-likeness (QED) is 0.659. The highest BCUT2D eigenvalue weighted by molar-refractivity contribution is 5.64. The third-order valence-corrected chi connectivity index (χ3v) is 4.26. The van der Waals surface area contributed by atoms with E-state index in [1.54, 1.807) is 12.1 Å². The van der Waals surface area contributed by atoms with Crippen LogP contribution >= 0.6 is 0 Å². The molecule has 6 nitrogen and oxygen atoms in total. The average molecular weight is 276 g/mol. The lowest BCUT2D eigenvalue weighted by atomic mass is 10.1. The van der Waals surface area contributed by atoms with E-state index in [1.165, 1.54) is 0 Å². The summed E-state index contributed by atoms with van der Waals surface area (Å²) in [4.78, 5) is 15.5. The molecule has 20 heavy (non-hydrogen) atoms. The zero-order chi connectivity index (χ0) is 14.1. The summed E-state index contributed by atoms with van der Waals surface area (Å²) in [5, 5.41) is 14.5. The molecule has 0 spiro atoms. The Morgan fingerprint density at radius 2 is 1.95 bits per heavy atom. The largest absolute Gasteiger partial charge is 0.363 e. The van der Waals surface area contributed by atoms with Gasteiger partial charge in [0.15, 0.2) is 0 Å². The van der Waals surface area contributed by atoms with E-state index < -0.39 is 0 Å². The summed E-state index contributed by atoms with van der Waals surface area (Å²) < 4.78 is 0. The SMILES string of the molecule is Cc1ccc([N+](=O)[O-])c(N2CCN(C3CNC3)CC2)c1. The second kappa shape index (κ2) is 5.38. The maximum atomic E-state index is 11.2. The van der Waals surface area contributed by atoms with Crippen LogP contribution in [0.3, 0.4) is 0 Å². The van der Waals surface area contributed by atoms with Gasteiger partial charge in [-0.15, -0.1) is 0 Å². The van der Waals surface area contributed by atoms with Crippen LogP contribution in [0.2, 0.25) is 0 Å². The summed E-state index contributed by atoms with van der Waals surface area (Å²) in [6.45, 7) is 7.81. The van der Waals surface area contributed by atoms with Crippen LogP contribution in [-0.4, -0.2) is 55.1 Å². The molecule has 0 atom stereocenters. The van der Waals surface area contributed by atoms with Crippen molar-refractivity contribution < 1.29 is 4.92 Å². The molecule has 0 unspecified atom stereocenters. The van der Waals surface area contributed by atoms with Gasteiger partial charge in [-0.2, -0.15) is 0 Å². The van der Waals surface area contributed by atoms with Gasteiger partial charge in [-0.3, -0.25) is 15.0 Å². The number of nitro groups is 1. The minimum atomic E-state index is -0.281. The fraction of sp³-hybridized carbons (Fsp3) is 0.571. The zero-order valence-electron chi connectivity index (χ0n) is 11.7. The van der Waals surface area contributed by atoms with Crippen molar-refractivity contribution in [1.82, 2.24) is 10.2 Å². The minimum absolute atomic E-state index is 0.217. The van der Waals surface area contributed by atoms with E-state index in [9.17, 15) is 10.1 Å². The van der Waals surface area contributed by atoms with E-state index in [1.807, 2.05) is 13.0 Å². The lowest BCUT2D eigenvalue weighted by Crippen LogP contribution is -2.61. The Morgan fingerprint density at radius 1 is 1.25 bits per heavy atom. The molecular weight excluding hydrogens is 256 g/mol. The third kappa shape index (κ3) is 2.48. The van der Waals surface area contributed by atoms with Crippen LogP contribution in [-0.2, 0) is 0 Å². The molecule has 1 N–H and O–H groups in total. The summed E-state index contributed by atoms with van der Waals surface area (Å²) in [5.41, 5.74) is 2.05. The predicted octanol–water partition coefficient (Wildman–Crippen LogP) is 0.997. The Morgan fingerprint density at radius 3 is 2.50 bits per heavy atom. The first-order valence-electron chi connectivity index (χ1n) is 7.10. The monoisotopic (exact) mass is 276 g/mol. The van der Waals surface area contributed by atoms with Gasteiger partial charge < -0.3 is 10.2 Å². The van der Waals surface area contributed by atoms with E-state index in [-0.39, 0.29) is 10.6 Å². The number of nitrogens with one attached hydrogen (secondary N) is 1. The molecule has 2 aliphatic heterocycles. The second-order valence-corrected chi connectivity index (χ2v) is 5.58. The summed E-state index contributed by atoms with van der Waals surface area (Å²) in [6.07, 6.45) is 0. The van der Waals surface area contributed by atoms with Crippen LogP contribution in [0.5, 0.6) is 0 Å². The second-order valence-electron chi connectivity index (χ2n) is 5.58. The number of nitrogens with zero attached hydrogens (tertiary/aromatic N) is 3. The van der Waals surface area contributed by atoms with Gasteiger partial charge in [0, 0.05) is 51.4 Å². The topological polar surface area (TPSA) is 61.7 Å². The maximum Gasteiger partial charge on any atom is 0.292 e. The predicted molar refractivity (Wildman–Crippen MR) is 78.3 cm³/mol. The fourth-order valence-electron chi connectivity index (χ4n) is 2.90. The third-order valence-electron chi connectivity index (χ3n) is 4.26. The van der Waals surface area contributed by atoms with Crippen LogP contribution in [0.25, 0.3) is 0 Å². The lowest BCUT2D eigenvalue weighted by Gasteiger charge is -2.43. The number of hydrogen-bond acceptors (Lipinski definition) is 5. The first-order chi connectivity index (χ1) is 9.65. The molecule has 1 aromatic rings. The van der Waals surface area contributed by atoms with Crippen molar-refractivity contribution in [2.24, 2.45) is 0 Å². The van der Waals surface area contributed by atoms with Crippen molar-refractivity contribution in [3.63, 3.8) is 0 Å². The molecule has 2 heterocycles. The van der Waals surface area contributed by atoms with Gasteiger partial charge in [0.25, 0.3) is 5.69 Å². The van der Waals surface area contributed by atoms with Gasteiger partial charge in [-0.25, -0.2) is 0 Å². The standard InChI is InChI=1S/C14H20N4O2/c1-11-2-3-13(18(19)20)14(8-11)17-6-4-16(5-7-17)12-9-15-10-12/h2-3,8,12,15H,4-7,9-10H2,1H3. The average Bonchev–Trinajstić information content (AvgIpc) is 2.37. The summed E-state index contributed by atoms with van der Waals surface area (Å²) in [5.74, 6) is 0. The summed E-state index contributed by atoms with van der Waals surface area (Å²) >= 11 is 0. The molecule has 0 amide bonds. The van der Waals surface area contributed by atoms with Gasteiger partial charge in [-0.1, -0.05) is 6.07 Å². The molecule has 1 aromatic carbocycles. The molecule has 108 valence electrons. The van der Waals surface area contributed by atoms with Crippen molar-refractivity contribution in [1.29, 1.82) is 0 Å². The van der Waals surface area contributed by atoms with Crippen LogP contribution in [0, 0.1) is 17.0 Å². The molecule has 2 saturated heterocycles. The molecule has 0 aromatic heterocycles. The first-order valence-corrected chi connectivity index (χ1v) is 7.10. The molecule has 0 saturated carbocycles. The Bertz CT molecular complexity index is 508. The van der Waals surface area contributed by atoms with Gasteiger partial charge in [0.1, 0.15) is 5.69 Å². The maximum absolute atomic E-state index is 11.2. The molecule has 0 bridgehead atoms. The van der Waals surface area contributed by atoms with Crippen LogP contribution in [0.15, 0.2) is 18.2 Å². The number of rotatable bonds is 3. The van der Waals surface area contributed by atoms with E-state index in [0.717, 1.165) is 50.5 Å². The summed E-state index contributed by atoms with van der Waals surface area (Å²) in [7, 11) is 0. The zero-order valence-corrected chi connectivity index (χ0v) is 11.7. The minimum Gasteiger partial charge on any atom is -0.363 e. The number of benzene rings is 1. The number of aryl methyl sites for hydroxylation is 1. The van der Waals surface area contributed by atoms with E-state index in [2.05, 4.69) is 15.1 Å². The Kier molecular flexibility index (Phi) is 3.58. The van der Waals surface area contributed by atoms with Crippen molar-refractivity contribution in [3.05, 3.63) is 33.9 Å². The van der Waals surface area contributed by atoms with Crippen molar-refractivity contribution in [2.45, 2.75) is 13.0 Å². The van der Waals surface area contributed by atoms with Crippen LogP contribution < -0.4 is 10.2 Å². The van der Waals surface area contributed by atoms with E-state index in [0.29, 0.717) is 6.04 Å². The molecule has 2 fully saturated rings. The fourth-order valence-corrected chi connectivity index (χ4v) is 2.90. The molecule has 0 radical (unpaired) electrons. The number of hydrogen-bond donors (Lipinski definition) is 1. The normalized spacial score (nSPS) is 20.8. The van der Waals surface area contributed by atoms with Gasteiger partial charge in [-0.05, 0) is 18.6 Å². The van der Waals surface area contributed by atoms with Crippen molar-refractivity contribution in [2.75, 3.05) is 44.2 Å². The smallest absolute Gasteiger partial charge is 0.292 e. The molecule has 6 heteroatoms. The highest BCUT2D eigenvalue weighted by Crippen LogP contribution is 2.30. The van der Waals surface area contributed by atoms with Gasteiger partial charge in [0.2, 0.25) is 0 Å². The van der Waals surface area contributed by atoms with Crippen molar-refractivity contribution in [3.8, 4) is 0 Å². The number of piperazine rings is 1. The molecule has 0 aliphatic carbocycles. The van der Waals surface area contributed by atoms with Gasteiger partial charge in [0.05, 0.1) is 4.92 Å². The van der Waals surface area contributed by atoms with Gasteiger partial charge >= 0.3 is 0 Å². The lowest BCUT2D eigenvalue weighted by molar-refractivity contribution is -0.384. The van der Waals surface area contributed by atoms with Crippen LogP contribution in [0.4, 0.5) is 11.4 Å². The van der Waals surface area contributed by atoms with Crippen LogP contribution in [0.1, 0.15) is 5.56 Å². The number of nitro benzene ring substituents is 1. The van der Waals surface area contributed by atoms with Crippen molar-refractivity contribution >= 4 is 11.4 Å². The Labute approximate surface area is 118 Å². The molecular formula is C14H20N4O2. The summed E-state index contributed by atoms with van der Waals surface area (Å²) in [6, 6.07) is 6.01. The van der Waals surface area contributed by atoms with E-state index in [4.69, 9.17) is 0 Å². The highest BCUT2D eigenvalue weighted by Gasteiger charge is 2.29. The Balaban J connectivity index is 1.73. The molecule has 3 rings (SSSR count). The first kappa shape index (κ1) is 13.3. The highest BCUT2D eigenvalue weighted by atomic mass is 16.6. The van der Waals surface area contributed by atoms with E-state index >= 15 is 0 Å². The molecule has 2 aliphatic rings. The Hall–Kier alpha value is -1.66.